The van der Waals surface area contributed by atoms with E-state index in [1.165, 1.54) is 0 Å². The molecule has 1 unspecified atom stereocenters. The molecule has 0 saturated heterocycles. The third-order valence-electron chi connectivity index (χ3n) is 3.29. The highest BCUT2D eigenvalue weighted by Crippen LogP contribution is 2.27. The van der Waals surface area contributed by atoms with Crippen molar-refractivity contribution in [2.24, 2.45) is 5.73 Å². The molecule has 0 aliphatic heterocycles. The number of aryl methyl sites for hydroxylation is 3. The second kappa shape index (κ2) is 5.92. The van der Waals surface area contributed by atoms with Crippen molar-refractivity contribution in [2.75, 3.05) is 0 Å². The van der Waals surface area contributed by atoms with Gasteiger partial charge in [0.25, 0.3) is 0 Å². The topological polar surface area (TPSA) is 57.0 Å². The highest BCUT2D eigenvalue weighted by Gasteiger charge is 2.18. The van der Waals surface area contributed by atoms with E-state index in [-0.39, 0.29) is 6.04 Å². The molecule has 0 amide bonds. The van der Waals surface area contributed by atoms with Crippen LogP contribution >= 0.6 is 15.9 Å². The van der Waals surface area contributed by atoms with E-state index >= 15 is 0 Å². The molecule has 4 nitrogen and oxygen atoms in total. The molecule has 0 radical (unpaired) electrons. The molecular formula is C14H20BrN3O. The Kier molecular flexibility index (Phi) is 4.47. The smallest absolute Gasteiger partial charge is 0.101 e. The lowest BCUT2D eigenvalue weighted by atomic mass is 10.1. The molecule has 0 bridgehead atoms. The summed E-state index contributed by atoms with van der Waals surface area (Å²) in [6.45, 7) is 6.98. The average Bonchev–Trinajstić information content (AvgIpc) is 2.95. The quantitative estimate of drug-likeness (QED) is 0.916. The van der Waals surface area contributed by atoms with E-state index in [2.05, 4.69) is 34.9 Å². The number of rotatable bonds is 5. The Hall–Kier alpha value is -1.07. The van der Waals surface area contributed by atoms with Gasteiger partial charge in [0.1, 0.15) is 5.76 Å². The largest absolute Gasteiger partial charge is 0.469 e. The van der Waals surface area contributed by atoms with Crippen LogP contribution in [-0.4, -0.2) is 9.78 Å². The van der Waals surface area contributed by atoms with Gasteiger partial charge in [-0.15, -0.1) is 0 Å². The predicted molar refractivity (Wildman–Crippen MR) is 79.1 cm³/mol. The van der Waals surface area contributed by atoms with E-state index in [0.29, 0.717) is 0 Å². The molecule has 1 atom stereocenters. The lowest BCUT2D eigenvalue weighted by Gasteiger charge is -2.11. The molecule has 0 fully saturated rings. The number of halogens is 1. The molecule has 2 N–H and O–H groups in total. The van der Waals surface area contributed by atoms with Crippen molar-refractivity contribution < 1.29 is 4.42 Å². The average molecular weight is 326 g/mol. The van der Waals surface area contributed by atoms with E-state index < -0.39 is 0 Å². The fourth-order valence-corrected chi connectivity index (χ4v) is 2.92. The van der Waals surface area contributed by atoms with E-state index in [9.17, 15) is 0 Å². The van der Waals surface area contributed by atoms with Gasteiger partial charge in [-0.3, -0.25) is 4.68 Å². The van der Waals surface area contributed by atoms with Gasteiger partial charge in [0.15, 0.2) is 0 Å². The number of aromatic nitrogens is 2. The van der Waals surface area contributed by atoms with Gasteiger partial charge in [-0.25, -0.2) is 0 Å². The van der Waals surface area contributed by atoms with Gasteiger partial charge < -0.3 is 10.2 Å². The Bertz CT molecular complexity index is 559. The first-order chi connectivity index (χ1) is 9.06. The van der Waals surface area contributed by atoms with Gasteiger partial charge in [0, 0.05) is 24.6 Å². The molecule has 5 heteroatoms. The molecule has 2 aromatic heterocycles. The van der Waals surface area contributed by atoms with Crippen LogP contribution in [0.3, 0.4) is 0 Å². The Morgan fingerprint density at radius 1 is 1.47 bits per heavy atom. The molecule has 2 rings (SSSR count). The van der Waals surface area contributed by atoms with Crippen LogP contribution in [0.4, 0.5) is 0 Å². The second-order valence-corrected chi connectivity index (χ2v) is 5.47. The first-order valence-electron chi connectivity index (χ1n) is 6.61. The number of hydrogen-bond donors (Lipinski definition) is 1. The minimum atomic E-state index is -0.0690. The van der Waals surface area contributed by atoms with E-state index in [4.69, 9.17) is 10.2 Å². The lowest BCUT2D eigenvalue weighted by Crippen LogP contribution is -2.15. The normalized spacial score (nSPS) is 12.9. The van der Waals surface area contributed by atoms with Crippen LogP contribution < -0.4 is 5.73 Å². The zero-order valence-electron chi connectivity index (χ0n) is 11.6. The molecule has 0 aliphatic rings. The van der Waals surface area contributed by atoms with Crippen LogP contribution in [0.5, 0.6) is 0 Å². The summed E-state index contributed by atoms with van der Waals surface area (Å²) in [6.07, 6.45) is 3.41. The summed E-state index contributed by atoms with van der Waals surface area (Å²) in [5.74, 6) is 0.891. The van der Waals surface area contributed by atoms with E-state index in [0.717, 1.165) is 46.6 Å². The van der Waals surface area contributed by atoms with Crippen LogP contribution in [0.2, 0.25) is 0 Å². The van der Waals surface area contributed by atoms with Crippen LogP contribution in [0, 0.1) is 6.92 Å². The van der Waals surface area contributed by atoms with Crippen molar-refractivity contribution >= 4 is 15.9 Å². The zero-order chi connectivity index (χ0) is 14.0. The zero-order valence-corrected chi connectivity index (χ0v) is 13.2. The maximum atomic E-state index is 6.26. The van der Waals surface area contributed by atoms with Crippen molar-refractivity contribution in [3.05, 3.63) is 39.5 Å². The third-order valence-corrected chi connectivity index (χ3v) is 4.20. The van der Waals surface area contributed by atoms with Gasteiger partial charge in [-0.05, 0) is 42.3 Å². The van der Waals surface area contributed by atoms with E-state index in [1.54, 1.807) is 6.26 Å². The van der Waals surface area contributed by atoms with Crippen molar-refractivity contribution in [1.82, 2.24) is 9.78 Å². The van der Waals surface area contributed by atoms with Crippen molar-refractivity contribution in [3.63, 3.8) is 0 Å². The minimum absolute atomic E-state index is 0.0690. The fraction of sp³-hybridized carbons (Fsp3) is 0.500. The molecule has 104 valence electrons. The molecular weight excluding hydrogens is 306 g/mol. The van der Waals surface area contributed by atoms with Crippen LogP contribution in [-0.2, 0) is 19.4 Å². The second-order valence-electron chi connectivity index (χ2n) is 4.68. The first-order valence-corrected chi connectivity index (χ1v) is 7.40. The Morgan fingerprint density at radius 3 is 2.74 bits per heavy atom. The summed E-state index contributed by atoms with van der Waals surface area (Å²) in [7, 11) is 0. The van der Waals surface area contributed by atoms with Crippen LogP contribution in [0.15, 0.2) is 21.2 Å². The number of hydrogen-bond acceptors (Lipinski definition) is 3. The van der Waals surface area contributed by atoms with Gasteiger partial charge in [0.05, 0.1) is 22.1 Å². The molecule has 0 aliphatic carbocycles. The van der Waals surface area contributed by atoms with Crippen molar-refractivity contribution in [2.45, 2.75) is 46.2 Å². The van der Waals surface area contributed by atoms with Crippen molar-refractivity contribution in [1.29, 1.82) is 0 Å². The molecule has 0 aromatic carbocycles. The summed E-state index contributed by atoms with van der Waals surface area (Å²) in [4.78, 5) is 0. The first kappa shape index (κ1) is 14.3. The highest BCUT2D eigenvalue weighted by molar-refractivity contribution is 9.10. The summed E-state index contributed by atoms with van der Waals surface area (Å²) in [5.41, 5.74) is 9.54. The maximum Gasteiger partial charge on any atom is 0.101 e. The fourth-order valence-electron chi connectivity index (χ4n) is 2.20. The number of nitrogens with zero attached hydrogens (tertiary/aromatic N) is 2. The summed E-state index contributed by atoms with van der Waals surface area (Å²) in [6, 6.07) is 1.92. The van der Waals surface area contributed by atoms with Gasteiger partial charge in [-0.1, -0.05) is 6.92 Å². The third kappa shape index (κ3) is 2.92. The maximum absolute atomic E-state index is 6.26. The Labute approximate surface area is 122 Å². The predicted octanol–water partition coefficient (Wildman–Crippen LogP) is 3.37. The summed E-state index contributed by atoms with van der Waals surface area (Å²) < 4.78 is 8.44. The number of furan rings is 1. The van der Waals surface area contributed by atoms with Gasteiger partial charge >= 0.3 is 0 Å². The van der Waals surface area contributed by atoms with E-state index in [1.807, 2.05) is 17.7 Å². The minimum Gasteiger partial charge on any atom is -0.469 e. The molecule has 0 spiro atoms. The van der Waals surface area contributed by atoms with Crippen LogP contribution in [0.25, 0.3) is 0 Å². The Morgan fingerprint density at radius 2 is 2.21 bits per heavy atom. The molecule has 0 saturated carbocycles. The van der Waals surface area contributed by atoms with Crippen LogP contribution in [0.1, 0.15) is 42.6 Å². The molecule has 2 heterocycles. The highest BCUT2D eigenvalue weighted by atomic mass is 79.9. The van der Waals surface area contributed by atoms with Gasteiger partial charge in [0.2, 0.25) is 0 Å². The number of nitrogens with two attached hydrogens (primary N) is 1. The standard InChI is InChI=1S/C14H20BrN3O/c1-4-12-14(15)13(18(5-2)17-12)7-11(16)10-6-9(3)19-8-10/h6,8,11H,4-5,7,16H2,1-3H3. The lowest BCUT2D eigenvalue weighted by molar-refractivity contribution is 0.526. The SMILES string of the molecule is CCc1nn(CC)c(CC(N)c2coc(C)c2)c1Br. The summed E-state index contributed by atoms with van der Waals surface area (Å²) in [5, 5.41) is 4.59. The Balaban J connectivity index is 2.25. The van der Waals surface area contributed by atoms with Crippen molar-refractivity contribution in [3.8, 4) is 0 Å². The molecule has 2 aromatic rings. The van der Waals surface area contributed by atoms with Gasteiger partial charge in [-0.2, -0.15) is 5.10 Å². The summed E-state index contributed by atoms with van der Waals surface area (Å²) >= 11 is 3.65. The monoisotopic (exact) mass is 325 g/mol. The molecule has 19 heavy (non-hydrogen) atoms.